The van der Waals surface area contributed by atoms with Gasteiger partial charge in [-0.2, -0.15) is 0 Å². The molecular weight excluding hydrogens is 352 g/mol. The minimum atomic E-state index is -0.261. The summed E-state index contributed by atoms with van der Waals surface area (Å²) in [6, 6.07) is 25.0. The van der Waals surface area contributed by atoms with Crippen molar-refractivity contribution >= 4 is 17.8 Å². The van der Waals surface area contributed by atoms with Crippen LogP contribution in [0, 0.1) is 6.92 Å². The van der Waals surface area contributed by atoms with Crippen LogP contribution >= 0.6 is 0 Å². The number of para-hydroxylation sites is 1. The highest BCUT2D eigenvalue weighted by atomic mass is 16.6. The monoisotopic (exact) mass is 374 g/mol. The molecule has 0 saturated heterocycles. The summed E-state index contributed by atoms with van der Waals surface area (Å²) in [5.41, 5.74) is 3.93. The van der Waals surface area contributed by atoms with E-state index < -0.39 is 0 Å². The fourth-order valence-corrected chi connectivity index (χ4v) is 2.41. The van der Waals surface area contributed by atoms with Crippen molar-refractivity contribution in [2.45, 2.75) is 13.5 Å². The predicted octanol–water partition coefficient (Wildman–Crippen LogP) is 4.56. The highest BCUT2D eigenvalue weighted by molar-refractivity contribution is 5.91. The maximum Gasteiger partial charge on any atom is 0.265 e. The van der Waals surface area contributed by atoms with Gasteiger partial charge in [-0.05, 0) is 54.4 Å². The van der Waals surface area contributed by atoms with Crippen LogP contribution in [0.25, 0.3) is 0 Å². The summed E-state index contributed by atoms with van der Waals surface area (Å²) < 4.78 is 5.77. The number of hydrogen-bond donors (Lipinski definition) is 1. The Morgan fingerprint density at radius 3 is 2.39 bits per heavy atom. The number of carbonyl (C=O) groups is 1. The Bertz CT molecular complexity index is 905. The maximum atomic E-state index is 11.7. The van der Waals surface area contributed by atoms with E-state index >= 15 is 0 Å². The Hall–Kier alpha value is -3.60. The van der Waals surface area contributed by atoms with E-state index in [9.17, 15) is 4.79 Å². The molecule has 0 saturated carbocycles. The van der Waals surface area contributed by atoms with E-state index in [0.29, 0.717) is 6.61 Å². The molecule has 0 aromatic heterocycles. The highest BCUT2D eigenvalue weighted by Crippen LogP contribution is 2.14. The van der Waals surface area contributed by atoms with Gasteiger partial charge in [0.1, 0.15) is 12.4 Å². The molecule has 0 radical (unpaired) electrons. The number of nitrogens with one attached hydrogen (secondary N) is 1. The zero-order valence-corrected chi connectivity index (χ0v) is 15.7. The largest absolute Gasteiger partial charge is 0.489 e. The number of rotatable bonds is 8. The highest BCUT2D eigenvalue weighted by Gasteiger charge is 2.01. The van der Waals surface area contributed by atoms with Gasteiger partial charge in [0.2, 0.25) is 0 Å². The fraction of sp³-hybridized carbons (Fsp3) is 0.130. The Morgan fingerprint density at radius 2 is 1.68 bits per heavy atom. The molecule has 0 heterocycles. The molecule has 3 rings (SSSR count). The lowest BCUT2D eigenvalue weighted by molar-refractivity contribution is -0.120. The number of anilines is 1. The molecule has 0 bridgehead atoms. The summed E-state index contributed by atoms with van der Waals surface area (Å²) in [6.45, 7) is 2.43. The van der Waals surface area contributed by atoms with Gasteiger partial charge in [0.25, 0.3) is 5.91 Å². The Balaban J connectivity index is 1.41. The number of oxime groups is 1. The lowest BCUT2D eigenvalue weighted by atomic mass is 10.2. The molecule has 0 atom stereocenters. The van der Waals surface area contributed by atoms with E-state index in [-0.39, 0.29) is 12.5 Å². The van der Waals surface area contributed by atoms with Crippen molar-refractivity contribution in [2.24, 2.45) is 5.16 Å². The zero-order chi connectivity index (χ0) is 19.6. The molecule has 1 N–H and O–H groups in total. The molecule has 0 spiro atoms. The van der Waals surface area contributed by atoms with Gasteiger partial charge < -0.3 is 14.9 Å². The van der Waals surface area contributed by atoms with Crippen LogP contribution in [-0.2, 0) is 16.2 Å². The van der Waals surface area contributed by atoms with Gasteiger partial charge >= 0.3 is 0 Å². The van der Waals surface area contributed by atoms with E-state index in [1.165, 1.54) is 5.56 Å². The Labute approximate surface area is 164 Å². The third kappa shape index (κ3) is 6.29. The van der Waals surface area contributed by atoms with Crippen molar-refractivity contribution in [3.05, 3.63) is 95.6 Å². The molecule has 0 aliphatic heterocycles. The molecule has 142 valence electrons. The summed E-state index contributed by atoms with van der Waals surface area (Å²) in [4.78, 5) is 16.8. The molecule has 3 aromatic carbocycles. The molecule has 3 aromatic rings. The van der Waals surface area contributed by atoms with Crippen LogP contribution in [0.2, 0.25) is 0 Å². The first-order valence-electron chi connectivity index (χ1n) is 8.98. The molecule has 0 fully saturated rings. The van der Waals surface area contributed by atoms with Gasteiger partial charge in [-0.3, -0.25) is 4.79 Å². The maximum absolute atomic E-state index is 11.7. The van der Waals surface area contributed by atoms with Crippen LogP contribution < -0.4 is 10.1 Å². The normalized spacial score (nSPS) is 10.6. The Morgan fingerprint density at radius 1 is 0.964 bits per heavy atom. The van der Waals surface area contributed by atoms with Crippen molar-refractivity contribution in [3.8, 4) is 5.75 Å². The predicted molar refractivity (Wildman–Crippen MR) is 111 cm³/mol. The van der Waals surface area contributed by atoms with Crippen molar-refractivity contribution < 1.29 is 14.4 Å². The first-order chi connectivity index (χ1) is 13.7. The fourth-order valence-electron chi connectivity index (χ4n) is 2.41. The van der Waals surface area contributed by atoms with E-state index in [4.69, 9.17) is 9.57 Å². The number of aryl methyl sites for hydroxylation is 1. The summed E-state index contributed by atoms with van der Waals surface area (Å²) in [5.74, 6) is 0.518. The quantitative estimate of drug-likeness (QED) is 0.464. The molecule has 5 heteroatoms. The number of nitrogens with zero attached hydrogens (tertiary/aromatic N) is 1. The van der Waals surface area contributed by atoms with Crippen LogP contribution in [0.4, 0.5) is 5.69 Å². The van der Waals surface area contributed by atoms with Gasteiger partial charge in [0.15, 0.2) is 6.61 Å². The van der Waals surface area contributed by atoms with E-state index in [2.05, 4.69) is 41.7 Å². The Kier molecular flexibility index (Phi) is 6.79. The van der Waals surface area contributed by atoms with E-state index in [1.54, 1.807) is 6.21 Å². The number of carbonyl (C=O) groups excluding carboxylic acids is 1. The minimum absolute atomic E-state index is 0.150. The first kappa shape index (κ1) is 19.2. The van der Waals surface area contributed by atoms with Crippen molar-refractivity contribution in [3.63, 3.8) is 0 Å². The van der Waals surface area contributed by atoms with Crippen LogP contribution in [-0.4, -0.2) is 18.7 Å². The first-order valence-corrected chi connectivity index (χ1v) is 8.98. The molecular formula is C23H22N2O3. The second-order valence-electron chi connectivity index (χ2n) is 6.27. The van der Waals surface area contributed by atoms with Crippen molar-refractivity contribution in [2.75, 3.05) is 11.9 Å². The van der Waals surface area contributed by atoms with Crippen LogP contribution in [0.15, 0.2) is 84.0 Å². The van der Waals surface area contributed by atoms with Gasteiger partial charge in [0.05, 0.1) is 6.21 Å². The van der Waals surface area contributed by atoms with E-state index in [0.717, 1.165) is 22.6 Å². The summed E-state index contributed by atoms with van der Waals surface area (Å²) >= 11 is 0. The molecule has 28 heavy (non-hydrogen) atoms. The third-order valence-electron chi connectivity index (χ3n) is 3.94. The van der Waals surface area contributed by atoms with Crippen LogP contribution in [0.3, 0.4) is 0 Å². The second-order valence-corrected chi connectivity index (χ2v) is 6.27. The van der Waals surface area contributed by atoms with Gasteiger partial charge in [-0.25, -0.2) is 0 Å². The average Bonchev–Trinajstić information content (AvgIpc) is 2.72. The van der Waals surface area contributed by atoms with E-state index in [1.807, 2.05) is 54.6 Å². The van der Waals surface area contributed by atoms with Crippen molar-refractivity contribution in [1.82, 2.24) is 0 Å². The van der Waals surface area contributed by atoms with Crippen LogP contribution in [0.5, 0.6) is 5.75 Å². The standard InChI is InChI=1S/C23H22N2O3/c1-18-7-9-20(10-8-18)16-27-22-13-11-19(12-14-22)15-24-28-17-23(26)25-21-5-3-2-4-6-21/h2-15H,16-17H2,1H3,(H,25,26). The molecule has 0 aliphatic carbocycles. The summed E-state index contributed by atoms with van der Waals surface area (Å²) in [6.07, 6.45) is 1.56. The zero-order valence-electron chi connectivity index (χ0n) is 15.7. The molecule has 0 aliphatic rings. The lowest BCUT2D eigenvalue weighted by Gasteiger charge is -2.07. The number of ether oxygens (including phenoxy) is 1. The smallest absolute Gasteiger partial charge is 0.265 e. The molecule has 0 unspecified atom stereocenters. The third-order valence-corrected chi connectivity index (χ3v) is 3.94. The van der Waals surface area contributed by atoms with Gasteiger partial charge in [-0.1, -0.05) is 53.2 Å². The van der Waals surface area contributed by atoms with Gasteiger partial charge in [-0.15, -0.1) is 0 Å². The lowest BCUT2D eigenvalue weighted by Crippen LogP contribution is -2.16. The number of benzene rings is 3. The van der Waals surface area contributed by atoms with Gasteiger partial charge in [0, 0.05) is 5.69 Å². The summed E-state index contributed by atoms with van der Waals surface area (Å²) in [7, 11) is 0. The second kappa shape index (κ2) is 9.92. The SMILES string of the molecule is Cc1ccc(COc2ccc(C=NOCC(=O)Nc3ccccc3)cc2)cc1. The molecule has 1 amide bonds. The number of hydrogen-bond acceptors (Lipinski definition) is 4. The minimum Gasteiger partial charge on any atom is -0.489 e. The molecule has 5 nitrogen and oxygen atoms in total. The van der Waals surface area contributed by atoms with Crippen molar-refractivity contribution in [1.29, 1.82) is 0 Å². The topological polar surface area (TPSA) is 59.9 Å². The number of amides is 1. The summed E-state index contributed by atoms with van der Waals surface area (Å²) in [5, 5.41) is 6.55. The van der Waals surface area contributed by atoms with Crippen LogP contribution in [0.1, 0.15) is 16.7 Å². The average molecular weight is 374 g/mol.